The Bertz CT molecular complexity index is 1320. The van der Waals surface area contributed by atoms with Gasteiger partial charge in [0.2, 0.25) is 0 Å². The molecular formula is C30H31N5O. The SMILES string of the molecule is CN1CC(NC(=O)N2CCC3=C(C2)C(c2ccncc2)=NC3)C(c2ccccc2-c2ccccc2)C1. The Balaban J connectivity index is 1.20. The number of amides is 2. The number of nitrogens with zero attached hydrogens (tertiary/aromatic N) is 4. The van der Waals surface area contributed by atoms with Gasteiger partial charge in [-0.1, -0.05) is 54.6 Å². The van der Waals surface area contributed by atoms with E-state index in [1.54, 1.807) is 12.4 Å². The first-order valence-electron chi connectivity index (χ1n) is 12.7. The van der Waals surface area contributed by atoms with Crippen molar-refractivity contribution in [1.82, 2.24) is 20.1 Å². The van der Waals surface area contributed by atoms with Crippen molar-refractivity contribution >= 4 is 11.7 Å². The molecule has 2 aromatic carbocycles. The summed E-state index contributed by atoms with van der Waals surface area (Å²) in [6.07, 6.45) is 4.48. The highest BCUT2D eigenvalue weighted by Gasteiger charge is 2.36. The van der Waals surface area contributed by atoms with Crippen molar-refractivity contribution < 1.29 is 4.79 Å². The summed E-state index contributed by atoms with van der Waals surface area (Å²) in [5.74, 6) is 0.232. The molecular weight excluding hydrogens is 446 g/mol. The lowest BCUT2D eigenvalue weighted by atomic mass is 9.87. The second kappa shape index (κ2) is 9.70. The minimum atomic E-state index is 0.0185. The number of carbonyl (C=O) groups excluding carboxylic acids is 1. The van der Waals surface area contributed by atoms with Crippen LogP contribution in [0.2, 0.25) is 0 Å². The number of nitrogens with one attached hydrogen (secondary N) is 1. The molecule has 3 aliphatic heterocycles. The van der Waals surface area contributed by atoms with Crippen LogP contribution in [0.25, 0.3) is 11.1 Å². The average molecular weight is 478 g/mol. The predicted molar refractivity (Wildman–Crippen MR) is 143 cm³/mol. The molecule has 2 atom stereocenters. The van der Waals surface area contributed by atoms with Crippen LogP contribution in [-0.2, 0) is 0 Å². The second-order valence-electron chi connectivity index (χ2n) is 9.99. The Hall–Kier alpha value is -3.77. The molecule has 2 amide bonds. The van der Waals surface area contributed by atoms with Gasteiger partial charge in [-0.05, 0) is 53.4 Å². The number of aromatic nitrogens is 1. The molecule has 0 bridgehead atoms. The molecule has 3 aliphatic rings. The number of likely N-dealkylation sites (tertiary alicyclic amines) is 1. The summed E-state index contributed by atoms with van der Waals surface area (Å²) >= 11 is 0. The van der Waals surface area contributed by atoms with Crippen molar-refractivity contribution in [2.75, 3.05) is 39.8 Å². The fourth-order valence-electron chi connectivity index (χ4n) is 5.85. The maximum Gasteiger partial charge on any atom is 0.317 e. The zero-order valence-corrected chi connectivity index (χ0v) is 20.6. The lowest BCUT2D eigenvalue weighted by Gasteiger charge is -2.31. The molecule has 0 aliphatic carbocycles. The van der Waals surface area contributed by atoms with Crippen LogP contribution in [0.5, 0.6) is 0 Å². The molecule has 1 aromatic heterocycles. The van der Waals surface area contributed by atoms with Crippen molar-refractivity contribution in [2.45, 2.75) is 18.4 Å². The molecule has 4 heterocycles. The van der Waals surface area contributed by atoms with Crippen molar-refractivity contribution in [1.29, 1.82) is 0 Å². The highest BCUT2D eigenvalue weighted by molar-refractivity contribution is 6.15. The van der Waals surface area contributed by atoms with Crippen molar-refractivity contribution in [3.8, 4) is 11.1 Å². The van der Waals surface area contributed by atoms with Gasteiger partial charge in [-0.25, -0.2) is 4.79 Å². The molecule has 0 saturated carbocycles. The molecule has 1 N–H and O–H groups in total. The smallest absolute Gasteiger partial charge is 0.317 e. The summed E-state index contributed by atoms with van der Waals surface area (Å²) in [6.45, 7) is 3.84. The molecule has 1 saturated heterocycles. The predicted octanol–water partition coefficient (Wildman–Crippen LogP) is 4.36. The molecule has 182 valence electrons. The van der Waals surface area contributed by atoms with Crippen LogP contribution in [0.4, 0.5) is 4.79 Å². The number of rotatable bonds is 4. The van der Waals surface area contributed by atoms with Gasteiger partial charge in [0.05, 0.1) is 18.3 Å². The number of carbonyl (C=O) groups is 1. The van der Waals surface area contributed by atoms with E-state index in [4.69, 9.17) is 4.99 Å². The van der Waals surface area contributed by atoms with E-state index < -0.39 is 0 Å². The first kappa shape index (κ1) is 22.7. The zero-order chi connectivity index (χ0) is 24.5. The standard InChI is InChI=1S/C30H31N5O/c1-34-18-27(25-10-6-5-9-24(25)21-7-3-2-4-8-21)28(20-34)33-30(36)35-16-13-23-17-32-29(26(23)19-35)22-11-14-31-15-12-22/h2-12,14-15,27-28H,13,16-20H2,1H3,(H,33,36). The molecule has 3 aromatic rings. The van der Waals surface area contributed by atoms with Crippen LogP contribution < -0.4 is 5.32 Å². The third-order valence-electron chi connectivity index (χ3n) is 7.67. The van der Waals surface area contributed by atoms with Gasteiger partial charge in [0.15, 0.2) is 0 Å². The van der Waals surface area contributed by atoms with E-state index >= 15 is 0 Å². The fourth-order valence-corrected chi connectivity index (χ4v) is 5.85. The summed E-state index contributed by atoms with van der Waals surface area (Å²) in [6, 6.07) is 23.2. The minimum absolute atomic E-state index is 0.0185. The minimum Gasteiger partial charge on any atom is -0.333 e. The summed E-state index contributed by atoms with van der Waals surface area (Å²) in [5.41, 5.74) is 8.41. The van der Waals surface area contributed by atoms with Crippen LogP contribution in [0.15, 0.2) is 95.3 Å². The van der Waals surface area contributed by atoms with Gasteiger partial charge in [0.1, 0.15) is 0 Å². The van der Waals surface area contributed by atoms with E-state index in [1.807, 2.05) is 23.1 Å². The van der Waals surface area contributed by atoms with Crippen molar-refractivity contribution in [2.24, 2.45) is 4.99 Å². The van der Waals surface area contributed by atoms with E-state index in [9.17, 15) is 4.79 Å². The number of hydrogen-bond donors (Lipinski definition) is 1. The topological polar surface area (TPSA) is 60.8 Å². The largest absolute Gasteiger partial charge is 0.333 e. The van der Waals surface area contributed by atoms with E-state index in [0.29, 0.717) is 6.54 Å². The molecule has 36 heavy (non-hydrogen) atoms. The quantitative estimate of drug-likeness (QED) is 0.607. The maximum atomic E-state index is 13.5. The maximum absolute atomic E-state index is 13.5. The third kappa shape index (κ3) is 4.33. The monoisotopic (exact) mass is 477 g/mol. The molecule has 0 radical (unpaired) electrons. The fraction of sp³-hybridized carbons (Fsp3) is 0.300. The Morgan fingerprint density at radius 1 is 0.944 bits per heavy atom. The average Bonchev–Trinajstić information content (AvgIpc) is 3.52. The zero-order valence-electron chi connectivity index (χ0n) is 20.6. The summed E-state index contributed by atoms with van der Waals surface area (Å²) in [5, 5.41) is 3.41. The van der Waals surface area contributed by atoms with Crippen LogP contribution in [-0.4, -0.2) is 72.3 Å². The van der Waals surface area contributed by atoms with Gasteiger partial charge in [0, 0.05) is 50.1 Å². The Morgan fingerprint density at radius 2 is 1.72 bits per heavy atom. The number of aliphatic imine (C=N–C) groups is 1. The number of benzene rings is 2. The van der Waals surface area contributed by atoms with Gasteiger partial charge in [0.25, 0.3) is 0 Å². The van der Waals surface area contributed by atoms with E-state index in [-0.39, 0.29) is 18.0 Å². The van der Waals surface area contributed by atoms with E-state index in [0.717, 1.165) is 43.9 Å². The van der Waals surface area contributed by atoms with Crippen LogP contribution in [0.1, 0.15) is 23.5 Å². The summed E-state index contributed by atoms with van der Waals surface area (Å²) < 4.78 is 0. The van der Waals surface area contributed by atoms with Gasteiger partial charge < -0.3 is 15.1 Å². The van der Waals surface area contributed by atoms with Gasteiger partial charge in [-0.3, -0.25) is 9.98 Å². The number of urea groups is 1. The number of likely N-dealkylation sites (N-methyl/N-ethyl adjacent to an activating group) is 1. The van der Waals surface area contributed by atoms with Gasteiger partial charge in [-0.15, -0.1) is 0 Å². The van der Waals surface area contributed by atoms with E-state index in [2.05, 4.69) is 70.8 Å². The lowest BCUT2D eigenvalue weighted by Crippen LogP contribution is -2.49. The Labute approximate surface area is 212 Å². The normalized spacial score (nSPS) is 21.9. The lowest BCUT2D eigenvalue weighted by molar-refractivity contribution is 0.196. The van der Waals surface area contributed by atoms with Crippen LogP contribution in [0.3, 0.4) is 0 Å². The summed E-state index contributed by atoms with van der Waals surface area (Å²) in [4.78, 5) is 26.8. The highest BCUT2D eigenvalue weighted by atomic mass is 16.2. The Morgan fingerprint density at radius 3 is 2.56 bits per heavy atom. The molecule has 6 heteroatoms. The first-order valence-corrected chi connectivity index (χ1v) is 12.7. The van der Waals surface area contributed by atoms with Gasteiger partial charge in [-0.2, -0.15) is 0 Å². The molecule has 0 spiro atoms. The van der Waals surface area contributed by atoms with Crippen LogP contribution >= 0.6 is 0 Å². The second-order valence-corrected chi connectivity index (χ2v) is 9.99. The molecule has 6 nitrogen and oxygen atoms in total. The summed E-state index contributed by atoms with van der Waals surface area (Å²) in [7, 11) is 2.14. The molecule has 2 unspecified atom stereocenters. The number of hydrogen-bond acceptors (Lipinski definition) is 4. The van der Waals surface area contributed by atoms with Crippen molar-refractivity contribution in [3.63, 3.8) is 0 Å². The molecule has 1 fully saturated rings. The van der Waals surface area contributed by atoms with Gasteiger partial charge >= 0.3 is 6.03 Å². The Kier molecular flexibility index (Phi) is 6.11. The number of pyridine rings is 1. The van der Waals surface area contributed by atoms with Crippen molar-refractivity contribution in [3.05, 3.63) is 101 Å². The first-order chi connectivity index (χ1) is 17.7. The van der Waals surface area contributed by atoms with Crippen LogP contribution in [0, 0.1) is 0 Å². The third-order valence-corrected chi connectivity index (χ3v) is 7.67. The highest BCUT2D eigenvalue weighted by Crippen LogP contribution is 2.35. The molecule has 6 rings (SSSR count). The van der Waals surface area contributed by atoms with E-state index in [1.165, 1.54) is 27.8 Å².